The van der Waals surface area contributed by atoms with Crippen LogP contribution in [-0.2, 0) is 6.42 Å². The van der Waals surface area contributed by atoms with Gasteiger partial charge in [-0.1, -0.05) is 0 Å². The molecule has 0 bridgehead atoms. The van der Waals surface area contributed by atoms with Crippen molar-refractivity contribution in [2.75, 3.05) is 20.7 Å². The second-order valence-corrected chi connectivity index (χ2v) is 4.35. The number of hydrogen-bond donors (Lipinski definition) is 1. The molecule has 0 saturated carbocycles. The zero-order valence-corrected chi connectivity index (χ0v) is 10.6. The van der Waals surface area contributed by atoms with Crippen LogP contribution >= 0.6 is 11.8 Å². The Morgan fingerprint density at radius 3 is 2.33 bits per heavy atom. The molecule has 1 aromatic carbocycles. The van der Waals surface area contributed by atoms with Gasteiger partial charge in [0.1, 0.15) is 11.5 Å². The van der Waals surface area contributed by atoms with Gasteiger partial charge < -0.3 is 15.2 Å². The van der Waals surface area contributed by atoms with Crippen LogP contribution in [0.1, 0.15) is 8.30 Å². The third-order valence-electron chi connectivity index (χ3n) is 2.08. The van der Waals surface area contributed by atoms with Crippen molar-refractivity contribution >= 4 is 11.8 Å². The Bertz CT molecular complexity index is 434. The van der Waals surface area contributed by atoms with Crippen molar-refractivity contribution in [3.05, 3.63) is 17.7 Å². The lowest BCUT2D eigenvalue weighted by atomic mass is 10.1. The summed E-state index contributed by atoms with van der Waals surface area (Å²) in [5.74, 6) is 0.124. The average molecular weight is 283 g/mol. The SMILES string of the molecule is [2H]C([2H])(N)Cc1cc(OC)c(SC(F)(F)F)cc1OC. The standard InChI is InChI=1S/C11H14F3NO2S/c1-16-8-6-10(18-11(12,13)14)9(17-2)5-7(8)3-4-15/h5-6H,3-4,15H2,1-2H3/i4D2. The molecule has 3 nitrogen and oxygen atoms in total. The summed E-state index contributed by atoms with van der Waals surface area (Å²) in [5.41, 5.74) is 1.15. The third kappa shape index (κ3) is 3.99. The van der Waals surface area contributed by atoms with E-state index in [4.69, 9.17) is 17.9 Å². The van der Waals surface area contributed by atoms with Crippen LogP contribution in [0.5, 0.6) is 11.5 Å². The van der Waals surface area contributed by atoms with Gasteiger partial charge in [-0.2, -0.15) is 13.2 Å². The quantitative estimate of drug-likeness (QED) is 0.844. The molecule has 1 rings (SSSR count). The number of thioether (sulfide) groups is 1. The number of benzene rings is 1. The van der Waals surface area contributed by atoms with Crippen molar-refractivity contribution in [2.45, 2.75) is 16.8 Å². The molecule has 0 heterocycles. The number of aryl methyl sites for hydroxylation is 1. The Morgan fingerprint density at radius 1 is 1.28 bits per heavy atom. The van der Waals surface area contributed by atoms with E-state index in [-0.39, 0.29) is 34.6 Å². The van der Waals surface area contributed by atoms with E-state index in [1.807, 2.05) is 0 Å². The van der Waals surface area contributed by atoms with Gasteiger partial charge in [-0.3, -0.25) is 0 Å². The van der Waals surface area contributed by atoms with E-state index in [9.17, 15) is 13.2 Å². The Balaban J connectivity index is 3.23. The molecule has 0 aliphatic rings. The molecule has 0 fully saturated rings. The molecule has 0 aliphatic carbocycles. The highest BCUT2D eigenvalue weighted by molar-refractivity contribution is 8.00. The first-order valence-electron chi connectivity index (χ1n) is 5.85. The fraction of sp³-hybridized carbons (Fsp3) is 0.455. The van der Waals surface area contributed by atoms with Crippen LogP contribution in [0.4, 0.5) is 13.2 Å². The molecule has 2 N–H and O–H groups in total. The third-order valence-corrected chi connectivity index (χ3v) is 2.86. The molecule has 0 unspecified atom stereocenters. The molecule has 0 radical (unpaired) electrons. The van der Waals surface area contributed by atoms with Crippen LogP contribution < -0.4 is 15.2 Å². The molecule has 0 amide bonds. The highest BCUT2D eigenvalue weighted by Crippen LogP contribution is 2.43. The normalized spacial score (nSPS) is 13.9. The van der Waals surface area contributed by atoms with Gasteiger partial charge in [0.05, 0.1) is 19.1 Å². The summed E-state index contributed by atoms with van der Waals surface area (Å²) in [6.07, 6.45) is -0.205. The number of hydrogen-bond acceptors (Lipinski definition) is 4. The van der Waals surface area contributed by atoms with Gasteiger partial charge in [0, 0.05) is 2.74 Å². The second kappa shape index (κ2) is 6.19. The summed E-state index contributed by atoms with van der Waals surface area (Å²) in [5, 5.41) is 0. The highest BCUT2D eigenvalue weighted by atomic mass is 32.2. The van der Waals surface area contributed by atoms with Crippen LogP contribution in [0.15, 0.2) is 17.0 Å². The highest BCUT2D eigenvalue weighted by Gasteiger charge is 2.31. The first-order chi connectivity index (χ1) is 9.05. The predicted molar refractivity (Wildman–Crippen MR) is 64.2 cm³/mol. The van der Waals surface area contributed by atoms with E-state index < -0.39 is 12.0 Å². The first-order valence-corrected chi connectivity index (χ1v) is 5.67. The van der Waals surface area contributed by atoms with Crippen LogP contribution in [-0.4, -0.2) is 26.2 Å². The molecule has 102 valence electrons. The minimum Gasteiger partial charge on any atom is -0.496 e. The molecule has 0 atom stereocenters. The fourth-order valence-corrected chi connectivity index (χ4v) is 2.04. The summed E-state index contributed by atoms with van der Waals surface area (Å²) in [6.45, 7) is -2.00. The Labute approximate surface area is 110 Å². The van der Waals surface area contributed by atoms with Crippen molar-refractivity contribution < 1.29 is 25.4 Å². The molecular formula is C11H14F3NO2S. The smallest absolute Gasteiger partial charge is 0.446 e. The number of rotatable bonds is 5. The van der Waals surface area contributed by atoms with Crippen molar-refractivity contribution in [1.29, 1.82) is 0 Å². The number of nitrogens with two attached hydrogens (primary N) is 1. The summed E-state index contributed by atoms with van der Waals surface area (Å²) in [6, 6.07) is 2.47. The number of ether oxygens (including phenoxy) is 2. The first kappa shape index (κ1) is 12.0. The van der Waals surface area contributed by atoms with E-state index in [1.54, 1.807) is 0 Å². The molecular weight excluding hydrogens is 267 g/mol. The Morgan fingerprint density at radius 2 is 1.89 bits per heavy atom. The van der Waals surface area contributed by atoms with E-state index in [0.29, 0.717) is 5.56 Å². The van der Waals surface area contributed by atoms with Gasteiger partial charge >= 0.3 is 5.51 Å². The largest absolute Gasteiger partial charge is 0.496 e. The number of halogens is 3. The molecule has 0 aromatic heterocycles. The van der Waals surface area contributed by atoms with Gasteiger partial charge in [-0.15, -0.1) is 0 Å². The average Bonchev–Trinajstić information content (AvgIpc) is 2.26. The second-order valence-electron chi connectivity index (χ2n) is 3.24. The summed E-state index contributed by atoms with van der Waals surface area (Å²) < 4.78 is 61.9. The van der Waals surface area contributed by atoms with E-state index >= 15 is 0 Å². The summed E-state index contributed by atoms with van der Waals surface area (Å²) in [7, 11) is 2.53. The van der Waals surface area contributed by atoms with Crippen molar-refractivity contribution in [3.8, 4) is 11.5 Å². The zero-order valence-electron chi connectivity index (χ0n) is 11.8. The Kier molecular flexibility index (Phi) is 4.12. The maximum Gasteiger partial charge on any atom is 0.446 e. The van der Waals surface area contributed by atoms with E-state index in [0.717, 1.165) is 6.07 Å². The fourth-order valence-electron chi connectivity index (χ4n) is 1.39. The van der Waals surface area contributed by atoms with Crippen LogP contribution in [0, 0.1) is 0 Å². The predicted octanol–water partition coefficient (Wildman–Crippen LogP) is 2.82. The van der Waals surface area contributed by atoms with Gasteiger partial charge in [0.25, 0.3) is 0 Å². The lowest BCUT2D eigenvalue weighted by Gasteiger charge is -2.15. The molecule has 7 heteroatoms. The summed E-state index contributed by atoms with van der Waals surface area (Å²) >= 11 is -0.322. The van der Waals surface area contributed by atoms with Crippen LogP contribution in [0.2, 0.25) is 0 Å². The van der Waals surface area contributed by atoms with Crippen molar-refractivity contribution in [1.82, 2.24) is 0 Å². The van der Waals surface area contributed by atoms with Crippen molar-refractivity contribution in [3.63, 3.8) is 0 Å². The molecule has 0 saturated heterocycles. The monoisotopic (exact) mass is 283 g/mol. The summed E-state index contributed by atoms with van der Waals surface area (Å²) in [4.78, 5) is -0.154. The van der Waals surface area contributed by atoms with Crippen LogP contribution in [0.3, 0.4) is 0 Å². The van der Waals surface area contributed by atoms with Gasteiger partial charge in [-0.25, -0.2) is 0 Å². The minimum absolute atomic E-state index is 0.00706. The number of alkyl halides is 3. The Hall–Kier alpha value is -1.08. The van der Waals surface area contributed by atoms with Gasteiger partial charge in [0.2, 0.25) is 0 Å². The maximum absolute atomic E-state index is 12.5. The molecule has 0 spiro atoms. The lowest BCUT2D eigenvalue weighted by molar-refractivity contribution is -0.0328. The van der Waals surface area contributed by atoms with Crippen LogP contribution in [0.25, 0.3) is 0 Å². The van der Waals surface area contributed by atoms with E-state index in [1.165, 1.54) is 20.3 Å². The topological polar surface area (TPSA) is 44.5 Å². The lowest BCUT2D eigenvalue weighted by Crippen LogP contribution is -2.06. The zero-order chi connectivity index (χ0) is 15.6. The van der Waals surface area contributed by atoms with Gasteiger partial charge in [-0.05, 0) is 42.4 Å². The number of methoxy groups -OCH3 is 2. The minimum atomic E-state index is -4.46. The van der Waals surface area contributed by atoms with E-state index in [2.05, 4.69) is 0 Å². The molecule has 0 aliphatic heterocycles. The van der Waals surface area contributed by atoms with Crippen molar-refractivity contribution in [2.24, 2.45) is 5.73 Å². The molecule has 1 aromatic rings. The maximum atomic E-state index is 12.5. The molecule has 18 heavy (non-hydrogen) atoms. The van der Waals surface area contributed by atoms with Gasteiger partial charge in [0.15, 0.2) is 0 Å².